The van der Waals surface area contributed by atoms with Gasteiger partial charge in [0.1, 0.15) is 6.33 Å². The first kappa shape index (κ1) is 16.7. The second-order valence-corrected chi connectivity index (χ2v) is 6.46. The second-order valence-electron chi connectivity index (χ2n) is 6.46. The first-order chi connectivity index (χ1) is 12.7. The van der Waals surface area contributed by atoms with Crippen LogP contribution in [-0.4, -0.2) is 68.3 Å². The number of hydrogen-bond donors (Lipinski definition) is 0. The molecule has 0 aromatic carbocycles. The normalized spacial score (nSPS) is 15.4. The van der Waals surface area contributed by atoms with Gasteiger partial charge >= 0.3 is 0 Å². The van der Waals surface area contributed by atoms with Gasteiger partial charge in [-0.25, -0.2) is 0 Å². The highest BCUT2D eigenvalue weighted by Crippen LogP contribution is 2.20. The van der Waals surface area contributed by atoms with Crippen LogP contribution in [0.15, 0.2) is 30.9 Å². The number of pyridine rings is 2. The molecule has 26 heavy (non-hydrogen) atoms. The van der Waals surface area contributed by atoms with Crippen molar-refractivity contribution in [2.45, 2.75) is 6.42 Å². The lowest BCUT2D eigenvalue weighted by molar-refractivity contribution is -0.120. The number of morpholine rings is 1. The number of Topliss-reactive ketones (excluding diaryl/α,β-unsaturated/α-hetero) is 1. The number of carbonyl (C=O) groups is 1. The second kappa shape index (κ2) is 7.27. The van der Waals surface area contributed by atoms with Crippen LogP contribution >= 0.6 is 0 Å². The van der Waals surface area contributed by atoms with E-state index in [1.165, 1.54) is 0 Å². The molecule has 4 heterocycles. The van der Waals surface area contributed by atoms with Crippen LogP contribution in [0, 0.1) is 0 Å². The van der Waals surface area contributed by atoms with Gasteiger partial charge in [0.05, 0.1) is 37.9 Å². The van der Waals surface area contributed by atoms with Gasteiger partial charge in [-0.15, -0.1) is 10.2 Å². The molecule has 0 spiro atoms. The van der Waals surface area contributed by atoms with E-state index in [-0.39, 0.29) is 5.78 Å². The van der Waals surface area contributed by atoms with Crippen LogP contribution in [0.3, 0.4) is 0 Å². The van der Waals surface area contributed by atoms with Gasteiger partial charge in [0.15, 0.2) is 11.6 Å². The van der Waals surface area contributed by atoms with Crippen LogP contribution in [-0.2, 0) is 23.0 Å². The molecule has 4 rings (SSSR count). The van der Waals surface area contributed by atoms with Gasteiger partial charge < -0.3 is 9.30 Å². The molecule has 3 aromatic rings. The van der Waals surface area contributed by atoms with Gasteiger partial charge in [0.25, 0.3) is 0 Å². The summed E-state index contributed by atoms with van der Waals surface area (Å²) in [4.78, 5) is 23.3. The van der Waals surface area contributed by atoms with Crippen LogP contribution in [0.1, 0.15) is 5.69 Å². The summed E-state index contributed by atoms with van der Waals surface area (Å²) < 4.78 is 7.16. The van der Waals surface area contributed by atoms with Crippen molar-refractivity contribution in [2.75, 3.05) is 32.8 Å². The highest BCUT2D eigenvalue weighted by molar-refractivity contribution is 5.85. The smallest absolute Gasteiger partial charge is 0.165 e. The van der Waals surface area contributed by atoms with E-state index in [2.05, 4.69) is 25.1 Å². The number of ketones is 1. The van der Waals surface area contributed by atoms with E-state index >= 15 is 0 Å². The van der Waals surface area contributed by atoms with E-state index in [1.807, 2.05) is 23.7 Å². The van der Waals surface area contributed by atoms with E-state index in [4.69, 9.17) is 4.74 Å². The lowest BCUT2D eigenvalue weighted by Gasteiger charge is -2.25. The van der Waals surface area contributed by atoms with Crippen molar-refractivity contribution >= 4 is 16.7 Å². The Morgan fingerprint density at radius 3 is 2.81 bits per heavy atom. The predicted molar refractivity (Wildman–Crippen MR) is 95.5 cm³/mol. The van der Waals surface area contributed by atoms with E-state index in [0.29, 0.717) is 26.2 Å². The number of aryl methyl sites for hydroxylation is 1. The fourth-order valence-corrected chi connectivity index (χ4v) is 3.11. The van der Waals surface area contributed by atoms with E-state index in [0.717, 1.165) is 41.1 Å². The third-order valence-corrected chi connectivity index (χ3v) is 4.48. The van der Waals surface area contributed by atoms with Crippen molar-refractivity contribution in [1.29, 1.82) is 0 Å². The zero-order valence-electron chi connectivity index (χ0n) is 14.6. The fraction of sp³-hybridized carbons (Fsp3) is 0.389. The van der Waals surface area contributed by atoms with Crippen molar-refractivity contribution in [3.05, 3.63) is 36.5 Å². The minimum atomic E-state index is 0.163. The lowest BCUT2D eigenvalue weighted by atomic mass is 10.1. The lowest BCUT2D eigenvalue weighted by Crippen LogP contribution is -2.39. The Morgan fingerprint density at radius 2 is 2.04 bits per heavy atom. The number of rotatable bonds is 5. The molecule has 1 aliphatic rings. The summed E-state index contributed by atoms with van der Waals surface area (Å²) in [7, 11) is 1.89. The molecule has 0 radical (unpaired) electrons. The number of ether oxygens (including phenoxy) is 1. The minimum absolute atomic E-state index is 0.163. The molecule has 0 N–H and O–H groups in total. The molecule has 0 unspecified atom stereocenters. The topological polar surface area (TPSA) is 86.0 Å². The molecular formula is C18H20N6O2. The number of nitrogens with zero attached hydrogens (tertiary/aromatic N) is 6. The van der Waals surface area contributed by atoms with Crippen LogP contribution in [0.2, 0.25) is 0 Å². The summed E-state index contributed by atoms with van der Waals surface area (Å²) in [6.45, 7) is 3.44. The van der Waals surface area contributed by atoms with E-state index in [1.54, 1.807) is 18.7 Å². The quantitative estimate of drug-likeness (QED) is 0.673. The van der Waals surface area contributed by atoms with Gasteiger partial charge in [-0.2, -0.15) is 0 Å². The van der Waals surface area contributed by atoms with E-state index in [9.17, 15) is 4.79 Å². The predicted octanol–water partition coefficient (Wildman–Crippen LogP) is 0.869. The number of aromatic nitrogens is 5. The van der Waals surface area contributed by atoms with Crippen molar-refractivity contribution in [3.63, 3.8) is 0 Å². The highest BCUT2D eigenvalue weighted by Gasteiger charge is 2.15. The molecule has 1 fully saturated rings. The Morgan fingerprint density at radius 1 is 1.19 bits per heavy atom. The molecule has 1 aliphatic heterocycles. The third-order valence-electron chi connectivity index (χ3n) is 4.48. The minimum Gasteiger partial charge on any atom is -0.379 e. The molecule has 1 saturated heterocycles. The summed E-state index contributed by atoms with van der Waals surface area (Å²) in [5.41, 5.74) is 2.43. The molecule has 0 bridgehead atoms. The highest BCUT2D eigenvalue weighted by atomic mass is 16.5. The maximum absolute atomic E-state index is 12.4. The summed E-state index contributed by atoms with van der Waals surface area (Å²) in [6.07, 6.45) is 5.45. The Balaban J connectivity index is 1.52. The average molecular weight is 352 g/mol. The van der Waals surface area contributed by atoms with Crippen LogP contribution in [0.4, 0.5) is 0 Å². The molecule has 0 saturated carbocycles. The third kappa shape index (κ3) is 3.61. The molecule has 8 nitrogen and oxygen atoms in total. The Hall–Kier alpha value is -2.71. The zero-order valence-corrected chi connectivity index (χ0v) is 14.6. The van der Waals surface area contributed by atoms with Crippen molar-refractivity contribution in [3.8, 4) is 11.4 Å². The van der Waals surface area contributed by atoms with Gasteiger partial charge in [0.2, 0.25) is 0 Å². The van der Waals surface area contributed by atoms with Crippen molar-refractivity contribution in [2.24, 2.45) is 7.05 Å². The Bertz CT molecular complexity index is 932. The number of hydrogen-bond acceptors (Lipinski definition) is 7. The summed E-state index contributed by atoms with van der Waals surface area (Å²) in [5, 5.41) is 8.96. The molecule has 0 amide bonds. The van der Waals surface area contributed by atoms with Crippen LogP contribution in [0.25, 0.3) is 22.3 Å². The Kier molecular flexibility index (Phi) is 4.68. The molecule has 8 heteroatoms. The summed E-state index contributed by atoms with van der Waals surface area (Å²) in [6, 6.07) is 3.93. The van der Waals surface area contributed by atoms with Gasteiger partial charge in [-0.05, 0) is 12.1 Å². The first-order valence-corrected chi connectivity index (χ1v) is 8.60. The fourth-order valence-electron chi connectivity index (χ4n) is 3.11. The number of carbonyl (C=O) groups excluding carboxylic acids is 1. The molecule has 134 valence electrons. The summed E-state index contributed by atoms with van der Waals surface area (Å²) >= 11 is 0. The van der Waals surface area contributed by atoms with Gasteiger partial charge in [-0.1, -0.05) is 0 Å². The van der Waals surface area contributed by atoms with Gasteiger partial charge in [-0.3, -0.25) is 19.7 Å². The average Bonchev–Trinajstić information content (AvgIpc) is 3.08. The van der Waals surface area contributed by atoms with Gasteiger partial charge in [0, 0.05) is 43.0 Å². The SMILES string of the molecule is Cn1cnnc1-c1cnc2cnc(CC(=O)CN3CCOCC3)cc2c1. The molecular weight excluding hydrogens is 332 g/mol. The standard InChI is InChI=1S/C18H20N6O2/c1-23-12-21-22-18(23)14-6-13-7-15(19-10-17(13)20-9-14)8-16(25)11-24-2-4-26-5-3-24/h6-7,9-10,12H,2-5,8,11H2,1H3. The zero-order chi connectivity index (χ0) is 17.9. The molecule has 0 aliphatic carbocycles. The maximum atomic E-state index is 12.4. The van der Waals surface area contributed by atoms with Crippen LogP contribution in [0.5, 0.6) is 0 Å². The van der Waals surface area contributed by atoms with Crippen LogP contribution < -0.4 is 0 Å². The number of fused-ring (bicyclic) bond motifs is 1. The molecule has 3 aromatic heterocycles. The summed E-state index contributed by atoms with van der Waals surface area (Å²) in [5.74, 6) is 0.914. The van der Waals surface area contributed by atoms with Crippen molar-refractivity contribution in [1.82, 2.24) is 29.6 Å². The Labute approximate surface area is 150 Å². The molecule has 0 atom stereocenters. The largest absolute Gasteiger partial charge is 0.379 e. The maximum Gasteiger partial charge on any atom is 0.165 e. The monoisotopic (exact) mass is 352 g/mol. The first-order valence-electron chi connectivity index (χ1n) is 8.60. The van der Waals surface area contributed by atoms with E-state index < -0.39 is 0 Å². The van der Waals surface area contributed by atoms with Crippen molar-refractivity contribution < 1.29 is 9.53 Å².